The standard InChI is InChI=1S/C25H22FN3O3/c26-17-6-2-4-8-19(17)28-23(30)21-20-9-11-25(32-20)14-29(24(31)22(21)25)12-10-15-13-27-18-7-3-1-5-16(15)18/h1-9,11,13,20-22,27H,10,12,14H2,(H,28,30)/t20-,21?,22?,25?/m0/s1. The maximum absolute atomic E-state index is 14.0. The zero-order valence-electron chi connectivity index (χ0n) is 17.3. The lowest BCUT2D eigenvalue weighted by Gasteiger charge is -2.23. The molecule has 0 saturated carbocycles. The number of aromatic amines is 1. The van der Waals surface area contributed by atoms with Crippen LogP contribution >= 0.6 is 0 Å². The van der Waals surface area contributed by atoms with Crippen LogP contribution in [0.1, 0.15) is 5.56 Å². The van der Waals surface area contributed by atoms with Crippen LogP contribution in [-0.2, 0) is 20.7 Å². The minimum absolute atomic E-state index is 0.0784. The molecule has 2 bridgehead atoms. The number of halogens is 1. The van der Waals surface area contributed by atoms with E-state index < -0.39 is 29.4 Å². The fraction of sp³-hybridized carbons (Fsp3) is 0.280. The third-order valence-corrected chi connectivity index (χ3v) is 6.94. The van der Waals surface area contributed by atoms with E-state index in [-0.39, 0.29) is 17.5 Å². The van der Waals surface area contributed by atoms with Crippen LogP contribution in [0.5, 0.6) is 0 Å². The van der Waals surface area contributed by atoms with Gasteiger partial charge >= 0.3 is 0 Å². The van der Waals surface area contributed by atoms with Gasteiger partial charge in [0.2, 0.25) is 11.8 Å². The predicted octanol–water partition coefficient (Wildman–Crippen LogP) is 3.27. The molecule has 2 saturated heterocycles. The van der Waals surface area contributed by atoms with Crippen molar-refractivity contribution in [2.24, 2.45) is 11.8 Å². The van der Waals surface area contributed by atoms with Gasteiger partial charge in [-0.2, -0.15) is 0 Å². The molecule has 3 aliphatic rings. The largest absolute Gasteiger partial charge is 0.361 e. The minimum Gasteiger partial charge on any atom is -0.361 e. The monoisotopic (exact) mass is 431 g/mol. The molecule has 2 amide bonds. The summed E-state index contributed by atoms with van der Waals surface area (Å²) in [5, 5.41) is 3.80. The van der Waals surface area contributed by atoms with Crippen LogP contribution < -0.4 is 5.32 Å². The molecule has 2 aromatic carbocycles. The molecule has 6 nitrogen and oxygen atoms in total. The van der Waals surface area contributed by atoms with E-state index >= 15 is 0 Å². The number of rotatable bonds is 5. The maximum atomic E-state index is 14.0. The summed E-state index contributed by atoms with van der Waals surface area (Å²) >= 11 is 0. The molecule has 1 spiro atoms. The highest BCUT2D eigenvalue weighted by molar-refractivity contribution is 5.99. The molecule has 4 heterocycles. The summed E-state index contributed by atoms with van der Waals surface area (Å²) in [7, 11) is 0. The summed E-state index contributed by atoms with van der Waals surface area (Å²) in [4.78, 5) is 31.5. The van der Waals surface area contributed by atoms with Crippen LogP contribution in [0, 0.1) is 17.7 Å². The predicted molar refractivity (Wildman–Crippen MR) is 117 cm³/mol. The quantitative estimate of drug-likeness (QED) is 0.609. The topological polar surface area (TPSA) is 74.4 Å². The molecule has 2 fully saturated rings. The number of ether oxygens (including phenoxy) is 1. The number of aromatic nitrogens is 1. The lowest BCUT2D eigenvalue weighted by molar-refractivity contribution is -0.135. The molecule has 1 aromatic heterocycles. The summed E-state index contributed by atoms with van der Waals surface area (Å²) in [6.07, 6.45) is 6.01. The van der Waals surface area contributed by atoms with Crippen LogP contribution in [0.2, 0.25) is 0 Å². The van der Waals surface area contributed by atoms with Gasteiger partial charge in [-0.25, -0.2) is 4.39 Å². The normalized spacial score (nSPS) is 28.0. The van der Waals surface area contributed by atoms with E-state index in [4.69, 9.17) is 4.74 Å². The number of likely N-dealkylation sites (tertiary alicyclic amines) is 1. The van der Waals surface area contributed by atoms with E-state index in [0.29, 0.717) is 19.5 Å². The summed E-state index contributed by atoms with van der Waals surface area (Å²) in [5.74, 6) is -2.24. The van der Waals surface area contributed by atoms with Crippen LogP contribution in [0.4, 0.5) is 10.1 Å². The van der Waals surface area contributed by atoms with Gasteiger partial charge in [0.25, 0.3) is 0 Å². The van der Waals surface area contributed by atoms with Crippen molar-refractivity contribution >= 4 is 28.4 Å². The average molecular weight is 431 g/mol. The molecule has 6 rings (SSSR count). The second-order valence-corrected chi connectivity index (χ2v) is 8.74. The zero-order chi connectivity index (χ0) is 21.9. The smallest absolute Gasteiger partial charge is 0.231 e. The Bertz CT molecular complexity index is 1270. The Kier molecular flexibility index (Phi) is 4.23. The number of hydrogen-bond acceptors (Lipinski definition) is 3. The summed E-state index contributed by atoms with van der Waals surface area (Å²) in [6.45, 7) is 0.970. The Hall–Kier alpha value is -3.45. The molecular formula is C25H22FN3O3. The highest BCUT2D eigenvalue weighted by Gasteiger charge is 2.66. The van der Waals surface area contributed by atoms with Crippen molar-refractivity contribution in [1.29, 1.82) is 0 Å². The van der Waals surface area contributed by atoms with Gasteiger partial charge in [-0.1, -0.05) is 42.5 Å². The zero-order valence-corrected chi connectivity index (χ0v) is 17.3. The first kappa shape index (κ1) is 19.3. The van der Waals surface area contributed by atoms with Crippen LogP contribution in [-0.4, -0.2) is 46.5 Å². The molecule has 0 radical (unpaired) electrons. The second-order valence-electron chi connectivity index (χ2n) is 8.74. The van der Waals surface area contributed by atoms with Gasteiger partial charge in [-0.3, -0.25) is 9.59 Å². The summed E-state index contributed by atoms with van der Waals surface area (Å²) in [6, 6.07) is 14.1. The van der Waals surface area contributed by atoms with Gasteiger partial charge in [-0.15, -0.1) is 0 Å². The highest BCUT2D eigenvalue weighted by atomic mass is 19.1. The van der Waals surface area contributed by atoms with Gasteiger partial charge in [0.15, 0.2) is 0 Å². The third-order valence-electron chi connectivity index (χ3n) is 6.94. The Labute approximate surface area is 184 Å². The first-order valence-electron chi connectivity index (χ1n) is 10.8. The number of carbonyl (C=O) groups is 2. The number of fused-ring (bicyclic) bond motifs is 2. The Morgan fingerprint density at radius 3 is 2.91 bits per heavy atom. The number of nitrogens with zero attached hydrogens (tertiary/aromatic N) is 1. The van der Waals surface area contributed by atoms with Gasteiger partial charge in [0.05, 0.1) is 30.2 Å². The molecule has 4 atom stereocenters. The minimum atomic E-state index is -0.779. The van der Waals surface area contributed by atoms with Crippen molar-refractivity contribution in [1.82, 2.24) is 9.88 Å². The summed E-state index contributed by atoms with van der Waals surface area (Å²) < 4.78 is 20.2. The fourth-order valence-corrected chi connectivity index (χ4v) is 5.44. The van der Waals surface area contributed by atoms with Crippen molar-refractivity contribution in [2.75, 3.05) is 18.4 Å². The first-order valence-corrected chi connectivity index (χ1v) is 10.8. The average Bonchev–Trinajstić information content (AvgIpc) is 3.54. The van der Waals surface area contributed by atoms with Crippen molar-refractivity contribution in [2.45, 2.75) is 18.1 Å². The third kappa shape index (κ3) is 2.81. The van der Waals surface area contributed by atoms with Gasteiger partial charge in [-0.05, 0) is 30.2 Å². The molecule has 2 N–H and O–H groups in total. The van der Waals surface area contributed by atoms with Gasteiger partial charge in [0, 0.05) is 23.6 Å². The summed E-state index contributed by atoms with van der Waals surface area (Å²) in [5.41, 5.74) is 1.55. The highest BCUT2D eigenvalue weighted by Crippen LogP contribution is 2.52. The van der Waals surface area contributed by atoms with E-state index in [0.717, 1.165) is 16.5 Å². The number of para-hydroxylation sites is 2. The van der Waals surface area contributed by atoms with E-state index in [2.05, 4.69) is 16.4 Å². The van der Waals surface area contributed by atoms with Crippen LogP contribution in [0.3, 0.4) is 0 Å². The van der Waals surface area contributed by atoms with Crippen molar-refractivity contribution in [3.05, 3.63) is 78.3 Å². The molecule has 3 unspecified atom stereocenters. The number of hydrogen-bond donors (Lipinski definition) is 2. The van der Waals surface area contributed by atoms with Crippen molar-refractivity contribution < 1.29 is 18.7 Å². The Morgan fingerprint density at radius 2 is 2.03 bits per heavy atom. The molecule has 3 aliphatic heterocycles. The number of benzene rings is 2. The van der Waals surface area contributed by atoms with Crippen LogP contribution in [0.25, 0.3) is 10.9 Å². The molecule has 3 aromatic rings. The molecule has 0 aliphatic carbocycles. The van der Waals surface area contributed by atoms with Crippen LogP contribution in [0.15, 0.2) is 66.9 Å². The number of amides is 2. The van der Waals surface area contributed by atoms with E-state index in [1.807, 2.05) is 36.5 Å². The number of carbonyl (C=O) groups excluding carboxylic acids is 2. The lowest BCUT2D eigenvalue weighted by atomic mass is 9.77. The molecule has 32 heavy (non-hydrogen) atoms. The van der Waals surface area contributed by atoms with Crippen molar-refractivity contribution in [3.8, 4) is 0 Å². The van der Waals surface area contributed by atoms with E-state index in [1.165, 1.54) is 12.1 Å². The number of anilines is 1. The lowest BCUT2D eigenvalue weighted by Crippen LogP contribution is -2.41. The van der Waals surface area contributed by atoms with Crippen molar-refractivity contribution in [3.63, 3.8) is 0 Å². The number of H-pyrrole nitrogens is 1. The second kappa shape index (κ2) is 7.03. The Balaban J connectivity index is 1.21. The molecular weight excluding hydrogens is 409 g/mol. The first-order chi connectivity index (χ1) is 15.6. The molecule has 162 valence electrons. The Morgan fingerprint density at radius 1 is 1.22 bits per heavy atom. The fourth-order valence-electron chi connectivity index (χ4n) is 5.44. The van der Waals surface area contributed by atoms with E-state index in [9.17, 15) is 14.0 Å². The van der Waals surface area contributed by atoms with Gasteiger partial charge < -0.3 is 19.9 Å². The van der Waals surface area contributed by atoms with E-state index in [1.54, 1.807) is 17.0 Å². The number of nitrogens with one attached hydrogen (secondary N) is 2. The van der Waals surface area contributed by atoms with Gasteiger partial charge in [0.1, 0.15) is 11.4 Å². The SMILES string of the molecule is O=C(Nc1ccccc1F)C1C2C(=O)N(CCc3c[nH]c4ccccc34)CC23C=C[C@@H]1O3. The maximum Gasteiger partial charge on any atom is 0.231 e. The molecule has 7 heteroatoms.